The fraction of sp³-hybridized carbons (Fsp3) is 0.350. The summed E-state index contributed by atoms with van der Waals surface area (Å²) in [6.45, 7) is 7.99. The van der Waals surface area contributed by atoms with Crippen LogP contribution in [0, 0.1) is 20.8 Å². The predicted octanol–water partition coefficient (Wildman–Crippen LogP) is 4.10. The van der Waals surface area contributed by atoms with E-state index in [0.717, 1.165) is 22.8 Å². The maximum absolute atomic E-state index is 12.6. The molecule has 2 heterocycles. The fourth-order valence-electron chi connectivity index (χ4n) is 2.84. The van der Waals surface area contributed by atoms with Gasteiger partial charge in [-0.2, -0.15) is 0 Å². The van der Waals surface area contributed by atoms with E-state index < -0.39 is 0 Å². The van der Waals surface area contributed by atoms with Crippen molar-refractivity contribution in [1.82, 2.24) is 19.7 Å². The lowest BCUT2D eigenvalue weighted by atomic mass is 10.1. The van der Waals surface area contributed by atoms with E-state index in [1.165, 1.54) is 17.3 Å². The summed E-state index contributed by atoms with van der Waals surface area (Å²) in [7, 11) is 1.79. The molecule has 1 amide bonds. The molecule has 0 fully saturated rings. The van der Waals surface area contributed by atoms with E-state index in [1.807, 2.05) is 30.5 Å². The lowest BCUT2D eigenvalue weighted by Gasteiger charge is -2.23. The first-order valence-electron chi connectivity index (χ1n) is 8.80. The highest BCUT2D eigenvalue weighted by Gasteiger charge is 2.21. The number of carbonyl (C=O) groups is 1. The van der Waals surface area contributed by atoms with Crippen molar-refractivity contribution in [3.05, 3.63) is 59.3 Å². The number of benzene rings is 1. The number of aryl methyl sites for hydroxylation is 3. The van der Waals surface area contributed by atoms with Crippen molar-refractivity contribution >= 4 is 17.7 Å². The molecule has 3 aromatic rings. The van der Waals surface area contributed by atoms with Gasteiger partial charge in [0.25, 0.3) is 0 Å². The van der Waals surface area contributed by atoms with Gasteiger partial charge in [-0.25, -0.2) is 0 Å². The Balaban J connectivity index is 1.75. The lowest BCUT2D eigenvalue weighted by Crippen LogP contribution is -2.31. The zero-order valence-electron chi connectivity index (χ0n) is 16.3. The van der Waals surface area contributed by atoms with Crippen LogP contribution >= 0.6 is 11.8 Å². The summed E-state index contributed by atoms with van der Waals surface area (Å²) in [6.07, 6.45) is 1.62. The van der Waals surface area contributed by atoms with Crippen LogP contribution in [0.1, 0.15) is 35.7 Å². The zero-order valence-corrected chi connectivity index (χ0v) is 17.1. The lowest BCUT2D eigenvalue weighted by molar-refractivity contribution is -0.129. The van der Waals surface area contributed by atoms with Gasteiger partial charge in [0.1, 0.15) is 11.6 Å². The van der Waals surface area contributed by atoms with Gasteiger partial charge in [-0.05, 0) is 57.0 Å². The van der Waals surface area contributed by atoms with Crippen molar-refractivity contribution in [3.63, 3.8) is 0 Å². The highest BCUT2D eigenvalue weighted by Crippen LogP contribution is 2.26. The van der Waals surface area contributed by atoms with Gasteiger partial charge in [-0.15, -0.1) is 10.2 Å². The minimum Gasteiger partial charge on any atom is -0.467 e. The van der Waals surface area contributed by atoms with Crippen LogP contribution < -0.4 is 0 Å². The van der Waals surface area contributed by atoms with Gasteiger partial charge in [0.05, 0.1) is 23.7 Å². The summed E-state index contributed by atoms with van der Waals surface area (Å²) in [5.74, 6) is 1.86. The number of carbonyl (C=O) groups excluding carboxylic acids is 1. The van der Waals surface area contributed by atoms with Crippen molar-refractivity contribution in [2.75, 3.05) is 12.8 Å². The van der Waals surface area contributed by atoms with E-state index in [-0.39, 0.29) is 17.7 Å². The van der Waals surface area contributed by atoms with Crippen molar-refractivity contribution in [2.24, 2.45) is 0 Å². The van der Waals surface area contributed by atoms with Crippen LogP contribution in [-0.4, -0.2) is 38.4 Å². The van der Waals surface area contributed by atoms with Crippen molar-refractivity contribution in [2.45, 2.75) is 38.9 Å². The topological polar surface area (TPSA) is 64.2 Å². The fourth-order valence-corrected chi connectivity index (χ4v) is 3.75. The van der Waals surface area contributed by atoms with Crippen molar-refractivity contribution in [3.8, 4) is 5.69 Å². The van der Waals surface area contributed by atoms with Crippen LogP contribution in [-0.2, 0) is 4.79 Å². The number of rotatable bonds is 6. The molecule has 27 heavy (non-hydrogen) atoms. The molecule has 1 aromatic carbocycles. The highest BCUT2D eigenvalue weighted by molar-refractivity contribution is 7.99. The summed E-state index contributed by atoms with van der Waals surface area (Å²) in [4.78, 5) is 14.3. The first kappa shape index (κ1) is 19.2. The molecule has 0 saturated heterocycles. The molecule has 0 radical (unpaired) electrons. The molecule has 1 unspecified atom stereocenters. The second kappa shape index (κ2) is 8.00. The molecule has 2 aromatic heterocycles. The van der Waals surface area contributed by atoms with Crippen LogP contribution in [0.3, 0.4) is 0 Å². The number of hydrogen-bond donors (Lipinski definition) is 0. The highest BCUT2D eigenvalue weighted by atomic mass is 32.2. The number of hydrogen-bond acceptors (Lipinski definition) is 5. The molecule has 6 nitrogen and oxygen atoms in total. The number of thioether (sulfide) groups is 1. The molecule has 0 N–H and O–H groups in total. The van der Waals surface area contributed by atoms with Gasteiger partial charge in [-0.1, -0.05) is 23.9 Å². The third kappa shape index (κ3) is 4.08. The van der Waals surface area contributed by atoms with Crippen LogP contribution in [0.25, 0.3) is 5.69 Å². The molecule has 0 bridgehead atoms. The number of aromatic nitrogens is 3. The summed E-state index contributed by atoms with van der Waals surface area (Å²) in [6, 6.07) is 9.87. The van der Waals surface area contributed by atoms with E-state index in [4.69, 9.17) is 4.42 Å². The third-order valence-corrected chi connectivity index (χ3v) is 5.57. The van der Waals surface area contributed by atoms with Gasteiger partial charge in [0, 0.05) is 7.05 Å². The van der Waals surface area contributed by atoms with Gasteiger partial charge in [0.15, 0.2) is 5.16 Å². The minimum atomic E-state index is -0.119. The Hall–Kier alpha value is -2.54. The van der Waals surface area contributed by atoms with Gasteiger partial charge < -0.3 is 9.32 Å². The Kier molecular flexibility index (Phi) is 5.70. The smallest absolute Gasteiger partial charge is 0.233 e. The average Bonchev–Trinajstić information content (AvgIpc) is 3.30. The quantitative estimate of drug-likeness (QED) is 0.599. The maximum Gasteiger partial charge on any atom is 0.233 e. The van der Waals surface area contributed by atoms with Crippen molar-refractivity contribution in [1.29, 1.82) is 0 Å². The van der Waals surface area contributed by atoms with E-state index >= 15 is 0 Å². The molecule has 1 atom stereocenters. The molecule has 7 heteroatoms. The van der Waals surface area contributed by atoms with E-state index in [2.05, 4.69) is 42.2 Å². The van der Waals surface area contributed by atoms with E-state index in [0.29, 0.717) is 5.16 Å². The predicted molar refractivity (Wildman–Crippen MR) is 106 cm³/mol. The standard InChI is InChI=1S/C20H24N4O2S/c1-13-8-9-14(2)17(11-13)24-16(4)21-22-20(24)27-12-19(25)23(5)15(3)18-7-6-10-26-18/h6-11,15H,12H2,1-5H3. The number of nitrogens with zero attached hydrogens (tertiary/aromatic N) is 4. The molecule has 0 aliphatic rings. The normalized spacial score (nSPS) is 12.2. The molecule has 0 spiro atoms. The number of amides is 1. The average molecular weight is 385 g/mol. The van der Waals surface area contributed by atoms with Gasteiger partial charge >= 0.3 is 0 Å². The van der Waals surface area contributed by atoms with Crippen molar-refractivity contribution < 1.29 is 9.21 Å². The summed E-state index contributed by atoms with van der Waals surface area (Å²) < 4.78 is 7.42. The van der Waals surface area contributed by atoms with Crippen LogP contribution in [0.2, 0.25) is 0 Å². The van der Waals surface area contributed by atoms with E-state index in [1.54, 1.807) is 18.2 Å². The number of furan rings is 1. The third-order valence-electron chi connectivity index (χ3n) is 4.65. The van der Waals surface area contributed by atoms with Gasteiger partial charge in [-0.3, -0.25) is 9.36 Å². The van der Waals surface area contributed by atoms with Crippen LogP contribution in [0.5, 0.6) is 0 Å². The zero-order chi connectivity index (χ0) is 19.6. The second-order valence-electron chi connectivity index (χ2n) is 6.64. The SMILES string of the molecule is Cc1ccc(C)c(-n2c(C)nnc2SCC(=O)N(C)C(C)c2ccco2)c1. The second-order valence-corrected chi connectivity index (χ2v) is 7.58. The minimum absolute atomic E-state index is 0.0112. The van der Waals surface area contributed by atoms with Gasteiger partial charge in [0.2, 0.25) is 5.91 Å². The Bertz CT molecular complexity index is 934. The molecule has 0 saturated carbocycles. The Morgan fingerprint density at radius 1 is 1.26 bits per heavy atom. The molecule has 0 aliphatic heterocycles. The summed E-state index contributed by atoms with van der Waals surface area (Å²) >= 11 is 1.40. The Morgan fingerprint density at radius 3 is 2.74 bits per heavy atom. The summed E-state index contributed by atoms with van der Waals surface area (Å²) in [5, 5.41) is 9.21. The Morgan fingerprint density at radius 2 is 2.04 bits per heavy atom. The summed E-state index contributed by atoms with van der Waals surface area (Å²) in [5.41, 5.74) is 3.35. The van der Waals surface area contributed by atoms with Crippen LogP contribution in [0.4, 0.5) is 0 Å². The molecular formula is C20H24N4O2S. The first-order valence-corrected chi connectivity index (χ1v) is 9.78. The molecular weight excluding hydrogens is 360 g/mol. The monoisotopic (exact) mass is 384 g/mol. The Labute approximate surface area is 163 Å². The molecule has 3 rings (SSSR count). The maximum atomic E-state index is 12.6. The molecule has 142 valence electrons. The van der Waals surface area contributed by atoms with E-state index in [9.17, 15) is 4.79 Å². The van der Waals surface area contributed by atoms with Crippen LogP contribution in [0.15, 0.2) is 46.2 Å². The largest absolute Gasteiger partial charge is 0.467 e. The first-order chi connectivity index (χ1) is 12.9. The molecule has 0 aliphatic carbocycles.